The van der Waals surface area contributed by atoms with Gasteiger partial charge in [0.05, 0.1) is 27.0 Å². The molecule has 1 heterocycles. The maximum Gasteiger partial charge on any atom is 0.322 e. The number of halogens is 1. The van der Waals surface area contributed by atoms with E-state index in [0.717, 1.165) is 5.56 Å². The molecule has 38 heavy (non-hydrogen) atoms. The highest BCUT2D eigenvalue weighted by Gasteiger charge is 2.23. The van der Waals surface area contributed by atoms with Crippen LogP contribution in [-0.2, 0) is 22.6 Å². The Kier molecular flexibility index (Phi) is 11.0. The Balaban J connectivity index is 1.78. The summed E-state index contributed by atoms with van der Waals surface area (Å²) in [5.41, 5.74) is 1.22. The highest BCUT2D eigenvalue weighted by molar-refractivity contribution is 5.92. The fourth-order valence-electron chi connectivity index (χ4n) is 3.73. The van der Waals surface area contributed by atoms with E-state index in [0.29, 0.717) is 49.1 Å². The lowest BCUT2D eigenvalue weighted by Gasteiger charge is -2.27. The first kappa shape index (κ1) is 28.5. The van der Waals surface area contributed by atoms with Crippen LogP contribution in [0.4, 0.5) is 14.9 Å². The zero-order valence-corrected chi connectivity index (χ0v) is 21.9. The van der Waals surface area contributed by atoms with E-state index in [1.54, 1.807) is 47.4 Å². The lowest BCUT2D eigenvalue weighted by Crippen LogP contribution is -2.44. The quantitative estimate of drug-likeness (QED) is 0.299. The molecule has 0 saturated carbocycles. The minimum Gasteiger partial charge on any atom is -0.497 e. The third kappa shape index (κ3) is 8.81. The summed E-state index contributed by atoms with van der Waals surface area (Å²) in [6.45, 7) is 3.44. The number of urea groups is 1. The average molecular weight is 528 g/mol. The van der Waals surface area contributed by atoms with E-state index in [2.05, 4.69) is 5.32 Å². The Bertz CT molecular complexity index is 1130. The van der Waals surface area contributed by atoms with Gasteiger partial charge >= 0.3 is 6.03 Å². The number of furan rings is 1. The van der Waals surface area contributed by atoms with Crippen LogP contribution in [0.25, 0.3) is 0 Å². The van der Waals surface area contributed by atoms with Gasteiger partial charge in [0.25, 0.3) is 0 Å². The van der Waals surface area contributed by atoms with Gasteiger partial charge in [0.1, 0.15) is 29.6 Å². The van der Waals surface area contributed by atoms with Crippen molar-refractivity contribution in [2.45, 2.75) is 26.4 Å². The second kappa shape index (κ2) is 14.6. The van der Waals surface area contributed by atoms with Gasteiger partial charge in [-0.25, -0.2) is 9.18 Å². The van der Waals surface area contributed by atoms with Gasteiger partial charge in [0, 0.05) is 50.2 Å². The third-order valence-electron chi connectivity index (χ3n) is 5.70. The molecule has 0 aliphatic carbocycles. The van der Waals surface area contributed by atoms with Crippen LogP contribution in [-0.4, -0.2) is 62.3 Å². The number of benzene rings is 2. The molecule has 3 aromatic rings. The van der Waals surface area contributed by atoms with Gasteiger partial charge in [-0.1, -0.05) is 12.1 Å². The molecule has 2 aromatic carbocycles. The van der Waals surface area contributed by atoms with Crippen molar-refractivity contribution in [1.29, 1.82) is 0 Å². The Labute approximate surface area is 222 Å². The summed E-state index contributed by atoms with van der Waals surface area (Å²) in [6, 6.07) is 14.0. The molecule has 1 N–H and O–H groups in total. The highest BCUT2D eigenvalue weighted by Crippen LogP contribution is 2.26. The number of nitrogens with one attached hydrogen (secondary N) is 1. The van der Waals surface area contributed by atoms with E-state index in [9.17, 15) is 14.0 Å². The predicted molar refractivity (Wildman–Crippen MR) is 141 cm³/mol. The summed E-state index contributed by atoms with van der Waals surface area (Å²) in [6.07, 6.45) is 2.08. The predicted octanol–water partition coefficient (Wildman–Crippen LogP) is 4.93. The standard InChI is InChI=1S/C28H34FN3O6/c1-4-37-13-6-12-31(28(34)30-23-15-25(35-2)17-26(16-23)36-3)20-27(33)32(19-24-7-5-14-38-24)18-21-8-10-22(29)11-9-21/h5,7-11,14-17H,4,6,12-13,18-20H2,1-3H3,(H,30,34). The van der Waals surface area contributed by atoms with Crippen LogP contribution in [0.5, 0.6) is 11.5 Å². The van der Waals surface area contributed by atoms with Gasteiger partial charge in [-0.15, -0.1) is 0 Å². The maximum absolute atomic E-state index is 13.5. The molecule has 0 fully saturated rings. The van der Waals surface area contributed by atoms with Gasteiger partial charge in [-0.2, -0.15) is 0 Å². The van der Waals surface area contributed by atoms with Crippen molar-refractivity contribution in [3.05, 3.63) is 78.0 Å². The number of carbonyl (C=O) groups is 2. The average Bonchev–Trinajstić information content (AvgIpc) is 3.44. The normalized spacial score (nSPS) is 10.6. The molecule has 0 saturated heterocycles. The molecule has 0 aliphatic rings. The van der Waals surface area contributed by atoms with Gasteiger partial charge in [-0.3, -0.25) is 4.79 Å². The number of rotatable bonds is 14. The maximum atomic E-state index is 13.5. The van der Waals surface area contributed by atoms with E-state index in [-0.39, 0.29) is 31.4 Å². The van der Waals surface area contributed by atoms with E-state index in [1.165, 1.54) is 37.5 Å². The molecule has 0 spiro atoms. The van der Waals surface area contributed by atoms with Gasteiger partial charge in [-0.05, 0) is 43.2 Å². The Hall–Kier alpha value is -4.05. The minimum absolute atomic E-state index is 0.180. The van der Waals surface area contributed by atoms with Crippen molar-refractivity contribution in [1.82, 2.24) is 9.80 Å². The summed E-state index contributed by atoms with van der Waals surface area (Å²) in [7, 11) is 3.04. The van der Waals surface area contributed by atoms with Crippen molar-refractivity contribution in [3.63, 3.8) is 0 Å². The number of ether oxygens (including phenoxy) is 3. The Morgan fingerprint density at radius 1 is 0.974 bits per heavy atom. The Morgan fingerprint density at radius 2 is 1.68 bits per heavy atom. The number of hydrogen-bond donors (Lipinski definition) is 1. The first-order valence-corrected chi connectivity index (χ1v) is 12.3. The van der Waals surface area contributed by atoms with Crippen LogP contribution >= 0.6 is 0 Å². The van der Waals surface area contributed by atoms with Crippen LogP contribution in [0.2, 0.25) is 0 Å². The number of amides is 3. The molecule has 0 bridgehead atoms. The van der Waals surface area contributed by atoms with Crippen molar-refractivity contribution in [2.24, 2.45) is 0 Å². The summed E-state index contributed by atoms with van der Waals surface area (Å²) in [5, 5.41) is 2.83. The fraction of sp³-hybridized carbons (Fsp3) is 0.357. The fourth-order valence-corrected chi connectivity index (χ4v) is 3.73. The van der Waals surface area contributed by atoms with Crippen LogP contribution in [0.3, 0.4) is 0 Å². The smallest absolute Gasteiger partial charge is 0.322 e. The van der Waals surface area contributed by atoms with E-state index in [1.807, 2.05) is 6.92 Å². The summed E-state index contributed by atoms with van der Waals surface area (Å²) in [5.74, 6) is 0.978. The molecule has 0 atom stereocenters. The molecular formula is C28H34FN3O6. The highest BCUT2D eigenvalue weighted by atomic mass is 19.1. The second-order valence-electron chi connectivity index (χ2n) is 8.46. The molecule has 3 amide bonds. The van der Waals surface area contributed by atoms with Crippen molar-refractivity contribution in [2.75, 3.05) is 45.8 Å². The molecule has 3 rings (SSSR count). The van der Waals surface area contributed by atoms with Gasteiger partial charge in [0.2, 0.25) is 5.91 Å². The molecule has 0 radical (unpaired) electrons. The zero-order valence-electron chi connectivity index (χ0n) is 21.9. The van der Waals surface area contributed by atoms with Gasteiger partial charge < -0.3 is 33.7 Å². The second-order valence-corrected chi connectivity index (χ2v) is 8.46. The SMILES string of the molecule is CCOCCCN(CC(=O)N(Cc1ccc(F)cc1)Cc1ccco1)C(=O)Nc1cc(OC)cc(OC)c1. The van der Waals surface area contributed by atoms with Crippen LogP contribution in [0.1, 0.15) is 24.7 Å². The van der Waals surface area contributed by atoms with Crippen LogP contribution in [0.15, 0.2) is 65.3 Å². The van der Waals surface area contributed by atoms with Gasteiger partial charge in [0.15, 0.2) is 0 Å². The monoisotopic (exact) mass is 527 g/mol. The molecule has 10 heteroatoms. The van der Waals surface area contributed by atoms with E-state index >= 15 is 0 Å². The summed E-state index contributed by atoms with van der Waals surface area (Å²) in [4.78, 5) is 29.8. The molecule has 1 aromatic heterocycles. The zero-order chi connectivity index (χ0) is 27.3. The third-order valence-corrected chi connectivity index (χ3v) is 5.70. The van der Waals surface area contributed by atoms with Crippen molar-refractivity contribution < 1.29 is 32.6 Å². The molecular weight excluding hydrogens is 493 g/mol. The number of anilines is 1. The first-order valence-electron chi connectivity index (χ1n) is 12.3. The number of methoxy groups -OCH3 is 2. The Morgan fingerprint density at radius 3 is 2.29 bits per heavy atom. The summed E-state index contributed by atoms with van der Waals surface area (Å²) < 4.78 is 34.9. The topological polar surface area (TPSA) is 93.5 Å². The van der Waals surface area contributed by atoms with Crippen molar-refractivity contribution in [3.8, 4) is 11.5 Å². The largest absolute Gasteiger partial charge is 0.497 e. The summed E-state index contributed by atoms with van der Waals surface area (Å²) >= 11 is 0. The number of hydrogen-bond acceptors (Lipinski definition) is 6. The lowest BCUT2D eigenvalue weighted by atomic mass is 10.2. The van der Waals surface area contributed by atoms with Crippen LogP contribution < -0.4 is 14.8 Å². The lowest BCUT2D eigenvalue weighted by molar-refractivity contribution is -0.133. The van der Waals surface area contributed by atoms with Crippen molar-refractivity contribution >= 4 is 17.6 Å². The molecule has 0 aliphatic heterocycles. The van der Waals surface area contributed by atoms with E-state index < -0.39 is 6.03 Å². The molecule has 204 valence electrons. The molecule has 0 unspecified atom stereocenters. The van der Waals surface area contributed by atoms with Crippen LogP contribution in [0, 0.1) is 5.82 Å². The van der Waals surface area contributed by atoms with E-state index in [4.69, 9.17) is 18.6 Å². The molecule has 9 nitrogen and oxygen atoms in total. The first-order chi connectivity index (χ1) is 18.4. The minimum atomic E-state index is -0.454. The number of carbonyl (C=O) groups excluding carboxylic acids is 2. The number of nitrogens with zero attached hydrogens (tertiary/aromatic N) is 2.